The number of nitrogens with two attached hydrogens (primary N) is 1. The number of pyridine rings is 1. The first-order chi connectivity index (χ1) is 16.1. The van der Waals surface area contributed by atoms with Gasteiger partial charge in [0.05, 0.1) is 30.0 Å². The number of primary amides is 1. The topological polar surface area (TPSA) is 73.4 Å². The second-order valence-corrected chi connectivity index (χ2v) is 8.95. The van der Waals surface area contributed by atoms with Gasteiger partial charge in [0, 0.05) is 48.5 Å². The van der Waals surface area contributed by atoms with Crippen molar-refractivity contribution in [3.05, 3.63) is 53.3 Å². The molecule has 4 rings (SSSR count). The highest BCUT2D eigenvalue weighted by atomic mass is 16.5. The van der Waals surface area contributed by atoms with Crippen LogP contribution in [0.5, 0.6) is 0 Å². The van der Waals surface area contributed by atoms with Gasteiger partial charge in [-0.2, -0.15) is 0 Å². The highest BCUT2D eigenvalue weighted by Crippen LogP contribution is 2.34. The van der Waals surface area contributed by atoms with E-state index in [9.17, 15) is 4.79 Å². The molecule has 176 valence electrons. The standard InChI is InChI=1S/C27H36N4O2/c1-3-4-5-11-24-26(23-13-12-21-9-6-7-10-22(21)29-23)25(27(28)32)20(2)31(24)15-8-14-30-16-18-33-19-17-30/h6-7,9-10,12-13H,3-5,8,11,14-19H2,1-2H3,(H2,28,32). The van der Waals surface area contributed by atoms with Gasteiger partial charge in [0.25, 0.3) is 5.91 Å². The summed E-state index contributed by atoms with van der Waals surface area (Å²) in [6.45, 7) is 9.77. The molecule has 33 heavy (non-hydrogen) atoms. The van der Waals surface area contributed by atoms with Crippen molar-refractivity contribution in [2.75, 3.05) is 32.8 Å². The van der Waals surface area contributed by atoms with Crippen LogP contribution in [0.25, 0.3) is 22.2 Å². The number of benzene rings is 1. The van der Waals surface area contributed by atoms with E-state index in [2.05, 4.69) is 28.5 Å². The van der Waals surface area contributed by atoms with Gasteiger partial charge in [-0.05, 0) is 38.3 Å². The quantitative estimate of drug-likeness (QED) is 0.461. The van der Waals surface area contributed by atoms with Gasteiger partial charge in [-0.3, -0.25) is 9.69 Å². The molecule has 2 aromatic heterocycles. The third kappa shape index (κ3) is 5.28. The third-order valence-electron chi connectivity index (χ3n) is 6.71. The highest BCUT2D eigenvalue weighted by Gasteiger charge is 2.25. The molecule has 6 heteroatoms. The summed E-state index contributed by atoms with van der Waals surface area (Å²) in [6, 6.07) is 12.2. The Balaban J connectivity index is 1.72. The van der Waals surface area contributed by atoms with Crippen LogP contribution in [0, 0.1) is 6.92 Å². The Labute approximate surface area is 196 Å². The summed E-state index contributed by atoms with van der Waals surface area (Å²) >= 11 is 0. The van der Waals surface area contributed by atoms with Gasteiger partial charge in [0.2, 0.25) is 0 Å². The summed E-state index contributed by atoms with van der Waals surface area (Å²) in [5.41, 5.74) is 11.4. The van der Waals surface area contributed by atoms with Crippen LogP contribution in [0.3, 0.4) is 0 Å². The maximum absolute atomic E-state index is 12.7. The predicted octanol–water partition coefficient (Wildman–Crippen LogP) is 4.57. The molecule has 0 aliphatic carbocycles. The van der Waals surface area contributed by atoms with Crippen molar-refractivity contribution in [3.63, 3.8) is 0 Å². The number of hydrogen-bond acceptors (Lipinski definition) is 4. The lowest BCUT2D eigenvalue weighted by Gasteiger charge is -2.26. The Morgan fingerprint density at radius 3 is 2.61 bits per heavy atom. The monoisotopic (exact) mass is 448 g/mol. The molecule has 3 heterocycles. The Kier molecular flexibility index (Phi) is 7.78. The summed E-state index contributed by atoms with van der Waals surface area (Å²) in [7, 11) is 0. The van der Waals surface area contributed by atoms with E-state index in [-0.39, 0.29) is 5.91 Å². The summed E-state index contributed by atoms with van der Waals surface area (Å²) in [4.78, 5) is 20.1. The minimum atomic E-state index is -0.374. The maximum Gasteiger partial charge on any atom is 0.251 e. The second kappa shape index (κ2) is 10.9. The average molecular weight is 449 g/mol. The smallest absolute Gasteiger partial charge is 0.251 e. The van der Waals surface area contributed by atoms with Crippen LogP contribution in [0.2, 0.25) is 0 Å². The van der Waals surface area contributed by atoms with E-state index in [0.717, 1.165) is 99.4 Å². The molecule has 0 bridgehead atoms. The number of rotatable bonds is 10. The Morgan fingerprint density at radius 2 is 1.85 bits per heavy atom. The molecule has 1 aliphatic heterocycles. The number of unbranched alkanes of at least 4 members (excludes halogenated alkanes) is 2. The summed E-state index contributed by atoms with van der Waals surface area (Å²) in [6.07, 6.45) is 5.35. The summed E-state index contributed by atoms with van der Waals surface area (Å²) in [5, 5.41) is 1.09. The molecule has 0 atom stereocenters. The lowest BCUT2D eigenvalue weighted by Crippen LogP contribution is -2.37. The van der Waals surface area contributed by atoms with Crippen molar-refractivity contribution in [3.8, 4) is 11.3 Å². The fraction of sp³-hybridized carbons (Fsp3) is 0.481. The lowest BCUT2D eigenvalue weighted by molar-refractivity contribution is 0.0369. The predicted molar refractivity (Wildman–Crippen MR) is 134 cm³/mol. The fourth-order valence-corrected chi connectivity index (χ4v) is 4.96. The number of carbonyl (C=O) groups is 1. The number of morpholine rings is 1. The van der Waals surface area contributed by atoms with Crippen LogP contribution in [-0.2, 0) is 17.7 Å². The zero-order valence-corrected chi connectivity index (χ0v) is 20.0. The van der Waals surface area contributed by atoms with Gasteiger partial charge in [-0.25, -0.2) is 4.98 Å². The number of nitrogens with zero attached hydrogens (tertiary/aromatic N) is 3. The van der Waals surface area contributed by atoms with Crippen LogP contribution in [0.1, 0.15) is 54.4 Å². The number of fused-ring (bicyclic) bond motifs is 1. The molecule has 2 N–H and O–H groups in total. The number of para-hydroxylation sites is 1. The van der Waals surface area contributed by atoms with E-state index in [1.54, 1.807) is 0 Å². The molecule has 6 nitrogen and oxygen atoms in total. The summed E-state index contributed by atoms with van der Waals surface area (Å²) < 4.78 is 7.81. The molecule has 3 aromatic rings. The number of carbonyl (C=O) groups excluding carboxylic acids is 1. The first kappa shape index (κ1) is 23.5. The molecule has 0 radical (unpaired) electrons. The molecular formula is C27H36N4O2. The lowest BCUT2D eigenvalue weighted by atomic mass is 10.0. The number of amides is 1. The van der Waals surface area contributed by atoms with Gasteiger partial charge >= 0.3 is 0 Å². The van der Waals surface area contributed by atoms with Crippen LogP contribution in [0.4, 0.5) is 0 Å². The minimum Gasteiger partial charge on any atom is -0.379 e. The van der Waals surface area contributed by atoms with Gasteiger partial charge in [-0.1, -0.05) is 44.0 Å². The molecule has 0 saturated carbocycles. The van der Waals surface area contributed by atoms with Crippen LogP contribution in [0.15, 0.2) is 36.4 Å². The SMILES string of the molecule is CCCCCc1c(-c2ccc3ccccc3n2)c(C(N)=O)c(C)n1CCCN1CCOCC1. The first-order valence-corrected chi connectivity index (χ1v) is 12.3. The highest BCUT2D eigenvalue weighted by molar-refractivity contribution is 6.02. The fourth-order valence-electron chi connectivity index (χ4n) is 4.96. The van der Waals surface area contributed by atoms with E-state index in [1.807, 2.05) is 31.2 Å². The zero-order valence-electron chi connectivity index (χ0n) is 20.0. The van der Waals surface area contributed by atoms with Crippen LogP contribution in [-0.4, -0.2) is 53.2 Å². The second-order valence-electron chi connectivity index (χ2n) is 8.95. The number of ether oxygens (including phenoxy) is 1. The van der Waals surface area contributed by atoms with Crippen LogP contribution >= 0.6 is 0 Å². The van der Waals surface area contributed by atoms with E-state index < -0.39 is 0 Å². The van der Waals surface area contributed by atoms with Crippen molar-refractivity contribution < 1.29 is 9.53 Å². The molecule has 1 fully saturated rings. The van der Waals surface area contributed by atoms with E-state index in [1.165, 1.54) is 5.69 Å². The van der Waals surface area contributed by atoms with Crippen molar-refractivity contribution >= 4 is 16.8 Å². The average Bonchev–Trinajstić information content (AvgIpc) is 3.11. The minimum absolute atomic E-state index is 0.374. The molecule has 1 saturated heterocycles. The van der Waals surface area contributed by atoms with Gasteiger partial charge in [0.15, 0.2) is 0 Å². The van der Waals surface area contributed by atoms with Gasteiger partial charge < -0.3 is 15.0 Å². The number of hydrogen-bond donors (Lipinski definition) is 1. The largest absolute Gasteiger partial charge is 0.379 e. The number of aromatic nitrogens is 2. The maximum atomic E-state index is 12.7. The van der Waals surface area contributed by atoms with Gasteiger partial charge in [-0.15, -0.1) is 0 Å². The van der Waals surface area contributed by atoms with Crippen molar-refractivity contribution in [2.24, 2.45) is 5.73 Å². The molecule has 1 amide bonds. The van der Waals surface area contributed by atoms with Crippen molar-refractivity contribution in [1.29, 1.82) is 0 Å². The molecule has 1 aromatic carbocycles. The zero-order chi connectivity index (χ0) is 23.2. The summed E-state index contributed by atoms with van der Waals surface area (Å²) in [5.74, 6) is -0.374. The molecule has 0 unspecified atom stereocenters. The Bertz CT molecular complexity index is 1100. The molecular weight excluding hydrogens is 412 g/mol. The first-order valence-electron chi connectivity index (χ1n) is 12.3. The van der Waals surface area contributed by atoms with E-state index in [0.29, 0.717) is 5.56 Å². The molecule has 0 spiro atoms. The molecule has 1 aliphatic rings. The van der Waals surface area contributed by atoms with Crippen LogP contribution < -0.4 is 5.73 Å². The Hall–Kier alpha value is -2.70. The van der Waals surface area contributed by atoms with E-state index >= 15 is 0 Å². The third-order valence-corrected chi connectivity index (χ3v) is 6.71. The van der Waals surface area contributed by atoms with E-state index in [4.69, 9.17) is 15.5 Å². The van der Waals surface area contributed by atoms with Gasteiger partial charge in [0.1, 0.15) is 0 Å². The van der Waals surface area contributed by atoms with Crippen molar-refractivity contribution in [1.82, 2.24) is 14.5 Å². The normalized spacial score (nSPS) is 14.7. The Morgan fingerprint density at radius 1 is 1.06 bits per heavy atom. The van der Waals surface area contributed by atoms with Crippen molar-refractivity contribution in [2.45, 2.75) is 52.5 Å².